The highest BCUT2D eigenvalue weighted by Crippen LogP contribution is 2.33. The SMILES string of the molecule is CC.Cc1ccc(C2=CCCCc3cc(OC(=O)C(C)(C)C)ccc32)cc1. The van der Waals surface area contributed by atoms with Gasteiger partial charge in [-0.2, -0.15) is 0 Å². The monoisotopic (exact) mass is 364 g/mol. The third-order valence-corrected chi connectivity index (χ3v) is 4.55. The lowest BCUT2D eigenvalue weighted by Gasteiger charge is -2.18. The van der Waals surface area contributed by atoms with Gasteiger partial charge in [-0.1, -0.05) is 55.8 Å². The van der Waals surface area contributed by atoms with Crippen molar-refractivity contribution in [2.24, 2.45) is 5.41 Å². The summed E-state index contributed by atoms with van der Waals surface area (Å²) in [4.78, 5) is 12.2. The predicted octanol–water partition coefficient (Wildman–Crippen LogP) is 6.74. The number of allylic oxidation sites excluding steroid dienone is 1. The minimum Gasteiger partial charge on any atom is -0.426 e. The number of aryl methyl sites for hydroxylation is 2. The van der Waals surface area contributed by atoms with Gasteiger partial charge in [0, 0.05) is 0 Å². The molecular weight excluding hydrogens is 332 g/mol. The molecule has 0 fully saturated rings. The number of hydrogen-bond donors (Lipinski definition) is 0. The summed E-state index contributed by atoms with van der Waals surface area (Å²) in [6.45, 7) is 11.7. The van der Waals surface area contributed by atoms with Gasteiger partial charge in [-0.15, -0.1) is 0 Å². The lowest BCUT2D eigenvalue weighted by molar-refractivity contribution is -0.142. The number of ether oxygens (including phenoxy) is 1. The van der Waals surface area contributed by atoms with Gasteiger partial charge in [-0.25, -0.2) is 0 Å². The Hall–Kier alpha value is -2.35. The molecule has 1 aliphatic rings. The summed E-state index contributed by atoms with van der Waals surface area (Å²) in [6, 6.07) is 14.7. The van der Waals surface area contributed by atoms with E-state index < -0.39 is 5.41 Å². The van der Waals surface area contributed by atoms with E-state index in [4.69, 9.17) is 4.74 Å². The summed E-state index contributed by atoms with van der Waals surface area (Å²) in [7, 11) is 0. The molecule has 144 valence electrons. The Labute approximate surface area is 164 Å². The smallest absolute Gasteiger partial charge is 0.316 e. The minimum absolute atomic E-state index is 0.199. The van der Waals surface area contributed by atoms with Crippen molar-refractivity contribution in [3.63, 3.8) is 0 Å². The molecule has 0 aromatic heterocycles. The molecule has 2 aromatic rings. The molecule has 2 nitrogen and oxygen atoms in total. The van der Waals surface area contributed by atoms with Crippen LogP contribution < -0.4 is 4.74 Å². The molecule has 0 bridgehead atoms. The van der Waals surface area contributed by atoms with Crippen LogP contribution in [0.1, 0.15) is 69.7 Å². The maximum Gasteiger partial charge on any atom is 0.316 e. The standard InChI is InChI=1S/C23H26O2.C2H6/c1-16-9-11-17(12-10-16)20-8-6-5-7-18-15-19(13-14-21(18)20)25-22(24)23(2,3)4;1-2/h8-15H,5-7H2,1-4H3;1-2H3. The summed E-state index contributed by atoms with van der Waals surface area (Å²) < 4.78 is 5.58. The van der Waals surface area contributed by atoms with Crippen molar-refractivity contribution >= 4 is 11.5 Å². The van der Waals surface area contributed by atoms with Crippen molar-refractivity contribution in [2.45, 2.75) is 60.8 Å². The van der Waals surface area contributed by atoms with Crippen LogP contribution in [0.15, 0.2) is 48.5 Å². The second kappa shape index (κ2) is 9.03. The average molecular weight is 365 g/mol. The Balaban J connectivity index is 0.00000126. The maximum atomic E-state index is 12.2. The van der Waals surface area contributed by atoms with Gasteiger partial charge in [0.15, 0.2) is 0 Å². The zero-order chi connectivity index (χ0) is 20.0. The maximum absolute atomic E-state index is 12.2. The van der Waals surface area contributed by atoms with Crippen LogP contribution in [0.3, 0.4) is 0 Å². The third kappa shape index (κ3) is 5.32. The molecular formula is C25H32O2. The Morgan fingerprint density at radius 2 is 1.67 bits per heavy atom. The number of esters is 1. The van der Waals surface area contributed by atoms with Crippen LogP contribution in [0.2, 0.25) is 0 Å². The molecule has 3 rings (SSSR count). The highest BCUT2D eigenvalue weighted by Gasteiger charge is 2.24. The predicted molar refractivity (Wildman–Crippen MR) is 114 cm³/mol. The molecule has 0 N–H and O–H groups in total. The van der Waals surface area contributed by atoms with Crippen molar-refractivity contribution in [2.75, 3.05) is 0 Å². The number of carbonyl (C=O) groups is 1. The fourth-order valence-electron chi connectivity index (χ4n) is 3.02. The van der Waals surface area contributed by atoms with Crippen molar-refractivity contribution in [1.82, 2.24) is 0 Å². The van der Waals surface area contributed by atoms with Gasteiger partial charge in [-0.05, 0) is 81.4 Å². The fraction of sp³-hybridized carbons (Fsp3) is 0.400. The molecule has 27 heavy (non-hydrogen) atoms. The first kappa shape index (κ1) is 21.0. The van der Waals surface area contributed by atoms with E-state index in [2.05, 4.69) is 43.3 Å². The molecule has 0 spiro atoms. The quantitative estimate of drug-likeness (QED) is 0.435. The van der Waals surface area contributed by atoms with Crippen LogP contribution in [-0.4, -0.2) is 5.97 Å². The minimum atomic E-state index is -0.500. The lowest BCUT2D eigenvalue weighted by Crippen LogP contribution is -2.25. The van der Waals surface area contributed by atoms with E-state index in [1.807, 2.05) is 46.8 Å². The first-order valence-electron chi connectivity index (χ1n) is 9.97. The lowest BCUT2D eigenvalue weighted by atomic mass is 9.93. The molecule has 2 aromatic carbocycles. The van der Waals surface area contributed by atoms with E-state index in [1.165, 1.54) is 27.8 Å². The molecule has 0 saturated carbocycles. The Kier molecular flexibility index (Phi) is 7.01. The van der Waals surface area contributed by atoms with Crippen molar-refractivity contribution in [3.05, 3.63) is 70.8 Å². The number of carbonyl (C=O) groups excluding carboxylic acids is 1. The highest BCUT2D eigenvalue weighted by molar-refractivity contribution is 5.83. The summed E-state index contributed by atoms with van der Waals surface area (Å²) >= 11 is 0. The van der Waals surface area contributed by atoms with Crippen LogP contribution in [0.5, 0.6) is 5.75 Å². The van der Waals surface area contributed by atoms with Crippen molar-refractivity contribution in [3.8, 4) is 5.75 Å². The van der Waals surface area contributed by atoms with E-state index in [9.17, 15) is 4.79 Å². The van der Waals surface area contributed by atoms with Crippen LogP contribution in [0, 0.1) is 12.3 Å². The van der Waals surface area contributed by atoms with Gasteiger partial charge in [0.1, 0.15) is 5.75 Å². The molecule has 0 radical (unpaired) electrons. The van der Waals surface area contributed by atoms with Gasteiger partial charge >= 0.3 is 5.97 Å². The molecule has 0 amide bonds. The van der Waals surface area contributed by atoms with Crippen LogP contribution in [-0.2, 0) is 11.2 Å². The van der Waals surface area contributed by atoms with E-state index in [0.29, 0.717) is 5.75 Å². The topological polar surface area (TPSA) is 26.3 Å². The Bertz CT molecular complexity index is 805. The zero-order valence-electron chi connectivity index (χ0n) is 17.6. The van der Waals surface area contributed by atoms with Gasteiger partial charge in [0.05, 0.1) is 5.41 Å². The summed E-state index contributed by atoms with van der Waals surface area (Å²) in [5.74, 6) is 0.444. The van der Waals surface area contributed by atoms with E-state index in [1.54, 1.807) is 0 Å². The second-order valence-corrected chi connectivity index (χ2v) is 7.83. The first-order chi connectivity index (χ1) is 12.8. The average Bonchev–Trinajstić information content (AvgIpc) is 2.85. The highest BCUT2D eigenvalue weighted by atomic mass is 16.5. The number of fused-ring (bicyclic) bond motifs is 1. The third-order valence-electron chi connectivity index (χ3n) is 4.55. The normalized spacial score (nSPS) is 13.5. The Morgan fingerprint density at radius 1 is 1.00 bits per heavy atom. The van der Waals surface area contributed by atoms with Crippen LogP contribution in [0.4, 0.5) is 0 Å². The van der Waals surface area contributed by atoms with Gasteiger partial charge in [-0.3, -0.25) is 4.79 Å². The van der Waals surface area contributed by atoms with E-state index in [-0.39, 0.29) is 5.97 Å². The van der Waals surface area contributed by atoms with E-state index >= 15 is 0 Å². The summed E-state index contributed by atoms with van der Waals surface area (Å²) in [5.41, 5.74) is 5.79. The van der Waals surface area contributed by atoms with Crippen LogP contribution in [0.25, 0.3) is 5.57 Å². The zero-order valence-corrected chi connectivity index (χ0v) is 17.6. The number of rotatable bonds is 2. The van der Waals surface area contributed by atoms with Gasteiger partial charge in [0.25, 0.3) is 0 Å². The molecule has 0 aliphatic heterocycles. The van der Waals surface area contributed by atoms with Crippen molar-refractivity contribution in [1.29, 1.82) is 0 Å². The van der Waals surface area contributed by atoms with Crippen molar-refractivity contribution < 1.29 is 9.53 Å². The molecule has 2 heteroatoms. The molecule has 0 heterocycles. The fourth-order valence-corrected chi connectivity index (χ4v) is 3.02. The largest absolute Gasteiger partial charge is 0.426 e. The second-order valence-electron chi connectivity index (χ2n) is 7.83. The summed E-state index contributed by atoms with van der Waals surface area (Å²) in [6.07, 6.45) is 5.51. The molecule has 1 aliphatic carbocycles. The van der Waals surface area contributed by atoms with Gasteiger partial charge < -0.3 is 4.74 Å². The molecule has 0 unspecified atom stereocenters. The summed E-state index contributed by atoms with van der Waals surface area (Å²) in [5, 5.41) is 0. The molecule has 0 saturated heterocycles. The van der Waals surface area contributed by atoms with E-state index in [0.717, 1.165) is 19.3 Å². The first-order valence-corrected chi connectivity index (χ1v) is 9.97. The number of benzene rings is 2. The Morgan fingerprint density at radius 3 is 2.30 bits per heavy atom. The molecule has 0 atom stereocenters. The number of hydrogen-bond acceptors (Lipinski definition) is 2. The van der Waals surface area contributed by atoms with Gasteiger partial charge in [0.2, 0.25) is 0 Å². The van der Waals surface area contributed by atoms with Crippen LogP contribution >= 0.6 is 0 Å².